The van der Waals surface area contributed by atoms with E-state index in [0.717, 1.165) is 38.3 Å². The molecule has 2 heterocycles. The van der Waals surface area contributed by atoms with Crippen molar-refractivity contribution in [3.63, 3.8) is 0 Å². The predicted octanol–water partition coefficient (Wildman–Crippen LogP) is 3.43. The van der Waals surface area contributed by atoms with Gasteiger partial charge in [0.25, 0.3) is 0 Å². The van der Waals surface area contributed by atoms with E-state index < -0.39 is 0 Å². The molecular formula is C21H23FN4O. The molecule has 1 aliphatic rings. The highest BCUT2D eigenvalue weighted by Crippen LogP contribution is 2.17. The number of aryl methyl sites for hydroxylation is 1. The van der Waals surface area contributed by atoms with Crippen LogP contribution in [0.1, 0.15) is 22.5 Å². The van der Waals surface area contributed by atoms with Crippen LogP contribution in [0.5, 0.6) is 0 Å². The van der Waals surface area contributed by atoms with Crippen LogP contribution in [0.2, 0.25) is 0 Å². The molecule has 0 aliphatic carbocycles. The summed E-state index contributed by atoms with van der Waals surface area (Å²) in [7, 11) is 0. The molecular weight excluding hydrogens is 343 g/mol. The zero-order chi connectivity index (χ0) is 18.6. The van der Waals surface area contributed by atoms with Crippen LogP contribution in [0.4, 0.5) is 10.4 Å². The van der Waals surface area contributed by atoms with Crippen molar-refractivity contribution in [2.24, 2.45) is 0 Å². The highest BCUT2D eigenvalue weighted by atomic mass is 19.1. The van der Waals surface area contributed by atoms with E-state index in [0.29, 0.717) is 18.3 Å². The Kier molecular flexibility index (Phi) is 5.16. The fourth-order valence-corrected chi connectivity index (χ4v) is 3.44. The van der Waals surface area contributed by atoms with E-state index in [1.54, 1.807) is 6.07 Å². The minimum atomic E-state index is -0.249. The fraction of sp³-hybridized carbons (Fsp3) is 0.333. The quantitative estimate of drug-likeness (QED) is 0.692. The Bertz CT molecular complexity index is 902. The minimum absolute atomic E-state index is 0.249. The molecule has 0 bridgehead atoms. The van der Waals surface area contributed by atoms with Crippen LogP contribution in [-0.4, -0.2) is 41.2 Å². The van der Waals surface area contributed by atoms with Crippen LogP contribution in [-0.2, 0) is 13.0 Å². The third-order valence-corrected chi connectivity index (χ3v) is 4.84. The van der Waals surface area contributed by atoms with Gasteiger partial charge in [0, 0.05) is 39.1 Å². The van der Waals surface area contributed by atoms with Crippen molar-refractivity contribution in [3.05, 3.63) is 76.9 Å². The number of hydrogen-bond acceptors (Lipinski definition) is 5. The largest absolute Gasteiger partial charge is 0.324 e. The molecule has 4 rings (SSSR count). The number of anilines is 1. The van der Waals surface area contributed by atoms with E-state index >= 15 is 0 Å². The second-order valence-corrected chi connectivity index (χ2v) is 7.05. The number of piperazine rings is 1. The average Bonchev–Trinajstić information content (AvgIpc) is 3.11. The van der Waals surface area contributed by atoms with Crippen LogP contribution < -0.4 is 4.90 Å². The minimum Gasteiger partial charge on any atom is -0.322 e. The third-order valence-electron chi connectivity index (χ3n) is 4.84. The Labute approximate surface area is 158 Å². The molecule has 3 aromatic rings. The number of aromatic nitrogens is 2. The molecule has 2 aromatic carbocycles. The second-order valence-electron chi connectivity index (χ2n) is 7.05. The van der Waals surface area contributed by atoms with Crippen molar-refractivity contribution in [1.82, 2.24) is 15.0 Å². The molecule has 0 unspecified atom stereocenters. The van der Waals surface area contributed by atoms with Gasteiger partial charge in [0.15, 0.2) is 5.82 Å². The first-order chi connectivity index (χ1) is 13.2. The number of nitrogens with zero attached hydrogens (tertiary/aromatic N) is 4. The summed E-state index contributed by atoms with van der Waals surface area (Å²) in [6.45, 7) is 6.70. The number of rotatable bonds is 5. The smallest absolute Gasteiger partial charge is 0.322 e. The van der Waals surface area contributed by atoms with E-state index in [4.69, 9.17) is 4.52 Å². The normalized spacial score (nSPS) is 15.3. The van der Waals surface area contributed by atoms with Gasteiger partial charge in [-0.25, -0.2) is 4.39 Å². The van der Waals surface area contributed by atoms with Crippen molar-refractivity contribution < 1.29 is 8.91 Å². The summed E-state index contributed by atoms with van der Waals surface area (Å²) in [4.78, 5) is 9.05. The first-order valence-corrected chi connectivity index (χ1v) is 9.25. The highest BCUT2D eigenvalue weighted by Gasteiger charge is 2.21. The highest BCUT2D eigenvalue weighted by molar-refractivity contribution is 5.28. The van der Waals surface area contributed by atoms with Gasteiger partial charge in [-0.15, -0.1) is 0 Å². The Morgan fingerprint density at radius 2 is 1.78 bits per heavy atom. The summed E-state index contributed by atoms with van der Waals surface area (Å²) in [5.41, 5.74) is 3.48. The lowest BCUT2D eigenvalue weighted by Crippen LogP contribution is -2.46. The van der Waals surface area contributed by atoms with Crippen LogP contribution in [0.3, 0.4) is 0 Å². The van der Waals surface area contributed by atoms with E-state index in [1.807, 2.05) is 6.07 Å². The zero-order valence-corrected chi connectivity index (χ0v) is 15.4. The maximum absolute atomic E-state index is 13.3. The first-order valence-electron chi connectivity index (χ1n) is 9.25. The van der Waals surface area contributed by atoms with E-state index in [1.165, 1.54) is 23.3 Å². The molecule has 0 N–H and O–H groups in total. The summed E-state index contributed by atoms with van der Waals surface area (Å²) < 4.78 is 18.7. The SMILES string of the molecule is Cc1cccc(CN2CCN(c3nc(Cc4cccc(F)c4)no3)CC2)c1. The Morgan fingerprint density at radius 3 is 2.56 bits per heavy atom. The van der Waals surface area contributed by atoms with Crippen molar-refractivity contribution in [2.75, 3.05) is 31.1 Å². The van der Waals surface area contributed by atoms with Gasteiger partial charge < -0.3 is 9.42 Å². The van der Waals surface area contributed by atoms with Gasteiger partial charge in [-0.2, -0.15) is 4.98 Å². The lowest BCUT2D eigenvalue weighted by Gasteiger charge is -2.33. The standard InChI is InChI=1S/C21H23FN4O/c1-16-4-2-6-18(12-16)15-25-8-10-26(11-9-25)21-23-20(24-27-21)14-17-5-3-7-19(22)13-17/h2-7,12-13H,8-11,14-15H2,1H3. The summed E-state index contributed by atoms with van der Waals surface area (Å²) in [5, 5.41) is 4.05. The van der Waals surface area contributed by atoms with Gasteiger partial charge in [-0.05, 0) is 30.2 Å². The van der Waals surface area contributed by atoms with E-state index in [-0.39, 0.29) is 5.82 Å². The molecule has 6 heteroatoms. The van der Waals surface area contributed by atoms with E-state index in [9.17, 15) is 4.39 Å². The maximum Gasteiger partial charge on any atom is 0.324 e. The molecule has 5 nitrogen and oxygen atoms in total. The van der Waals surface area contributed by atoms with Crippen molar-refractivity contribution in [2.45, 2.75) is 19.9 Å². The lowest BCUT2D eigenvalue weighted by molar-refractivity contribution is 0.242. The zero-order valence-electron chi connectivity index (χ0n) is 15.4. The Balaban J connectivity index is 1.32. The molecule has 0 amide bonds. The van der Waals surface area contributed by atoms with Crippen LogP contribution in [0, 0.1) is 12.7 Å². The topological polar surface area (TPSA) is 45.4 Å². The predicted molar refractivity (Wildman–Crippen MR) is 102 cm³/mol. The Morgan fingerprint density at radius 1 is 1.00 bits per heavy atom. The molecule has 0 radical (unpaired) electrons. The molecule has 27 heavy (non-hydrogen) atoms. The fourth-order valence-electron chi connectivity index (χ4n) is 3.44. The number of halogens is 1. The molecule has 1 saturated heterocycles. The average molecular weight is 366 g/mol. The summed E-state index contributed by atoms with van der Waals surface area (Å²) in [6, 6.07) is 15.7. The van der Waals surface area contributed by atoms with Gasteiger partial charge in [0.1, 0.15) is 5.82 Å². The van der Waals surface area contributed by atoms with Crippen LogP contribution >= 0.6 is 0 Å². The summed E-state index contributed by atoms with van der Waals surface area (Å²) >= 11 is 0. The van der Waals surface area contributed by atoms with Gasteiger partial charge in [-0.3, -0.25) is 4.90 Å². The number of hydrogen-bond donors (Lipinski definition) is 0. The maximum atomic E-state index is 13.3. The first kappa shape index (κ1) is 17.7. The summed E-state index contributed by atoms with van der Waals surface area (Å²) in [5.74, 6) is 0.332. The van der Waals surface area contributed by atoms with Gasteiger partial charge in [-0.1, -0.05) is 47.1 Å². The molecule has 0 saturated carbocycles. The monoisotopic (exact) mass is 366 g/mol. The number of benzene rings is 2. The van der Waals surface area contributed by atoms with Crippen LogP contribution in [0.15, 0.2) is 53.1 Å². The second kappa shape index (κ2) is 7.88. The molecule has 1 aromatic heterocycles. The van der Waals surface area contributed by atoms with Gasteiger partial charge in [0.05, 0.1) is 0 Å². The lowest BCUT2D eigenvalue weighted by atomic mass is 10.1. The van der Waals surface area contributed by atoms with Crippen LogP contribution in [0.25, 0.3) is 0 Å². The molecule has 0 atom stereocenters. The molecule has 0 spiro atoms. The van der Waals surface area contributed by atoms with Crippen molar-refractivity contribution >= 4 is 6.01 Å². The molecule has 1 fully saturated rings. The Hall–Kier alpha value is -2.73. The molecule has 140 valence electrons. The van der Waals surface area contributed by atoms with Crippen molar-refractivity contribution in [1.29, 1.82) is 0 Å². The van der Waals surface area contributed by atoms with Gasteiger partial charge >= 0.3 is 6.01 Å². The third kappa shape index (κ3) is 4.52. The van der Waals surface area contributed by atoms with Crippen molar-refractivity contribution in [3.8, 4) is 0 Å². The summed E-state index contributed by atoms with van der Waals surface area (Å²) in [6.07, 6.45) is 0.467. The molecule has 1 aliphatic heterocycles. The van der Waals surface area contributed by atoms with Gasteiger partial charge in [0.2, 0.25) is 0 Å². The van der Waals surface area contributed by atoms with E-state index in [2.05, 4.69) is 51.1 Å².